The lowest BCUT2D eigenvalue weighted by Crippen LogP contribution is -2.29. The first-order valence-corrected chi connectivity index (χ1v) is 7.81. The molecule has 5 nitrogen and oxygen atoms in total. The van der Waals surface area contributed by atoms with Gasteiger partial charge in [-0.05, 0) is 30.7 Å². The molecule has 1 aromatic heterocycles. The van der Waals surface area contributed by atoms with Crippen LogP contribution in [0.4, 0.5) is 10.1 Å². The van der Waals surface area contributed by atoms with Crippen LogP contribution < -0.4 is 5.32 Å². The highest BCUT2D eigenvalue weighted by molar-refractivity contribution is 6.03. The van der Waals surface area contributed by atoms with Crippen LogP contribution in [0, 0.1) is 5.82 Å². The normalized spacial score (nSPS) is 10.3. The van der Waals surface area contributed by atoms with Crippen LogP contribution in [-0.4, -0.2) is 35.3 Å². The summed E-state index contributed by atoms with van der Waals surface area (Å²) in [6, 6.07) is 10.5. The molecule has 6 heteroatoms. The number of halogens is 1. The smallest absolute Gasteiger partial charge is 0.274 e. The Morgan fingerprint density at radius 2 is 1.83 bits per heavy atom. The number of anilines is 1. The molecule has 0 saturated carbocycles. The van der Waals surface area contributed by atoms with Crippen LogP contribution in [0.2, 0.25) is 0 Å². The maximum Gasteiger partial charge on any atom is 0.274 e. The Morgan fingerprint density at radius 1 is 1.12 bits per heavy atom. The molecule has 1 heterocycles. The maximum atomic E-state index is 13.6. The fourth-order valence-electron chi connectivity index (χ4n) is 2.12. The van der Waals surface area contributed by atoms with Crippen molar-refractivity contribution in [2.75, 3.05) is 18.9 Å². The van der Waals surface area contributed by atoms with Gasteiger partial charge in [-0.2, -0.15) is 0 Å². The van der Waals surface area contributed by atoms with E-state index >= 15 is 0 Å². The molecule has 1 aromatic carbocycles. The Morgan fingerprint density at radius 3 is 2.54 bits per heavy atom. The lowest BCUT2D eigenvalue weighted by atomic mass is 10.2. The first-order chi connectivity index (χ1) is 11.5. The summed E-state index contributed by atoms with van der Waals surface area (Å²) in [5.41, 5.74) is 0.323. The molecule has 0 atom stereocenters. The highest BCUT2D eigenvalue weighted by Gasteiger charge is 2.16. The van der Waals surface area contributed by atoms with Gasteiger partial charge in [-0.25, -0.2) is 9.37 Å². The zero-order valence-electron chi connectivity index (χ0n) is 13.8. The summed E-state index contributed by atoms with van der Waals surface area (Å²) in [7, 11) is 1.70. The van der Waals surface area contributed by atoms with Crippen LogP contribution in [-0.2, 0) is 0 Å². The monoisotopic (exact) mass is 329 g/mol. The summed E-state index contributed by atoms with van der Waals surface area (Å²) < 4.78 is 13.6. The van der Waals surface area contributed by atoms with Crippen molar-refractivity contribution in [3.05, 3.63) is 59.7 Å². The molecule has 0 bridgehead atoms. The Bertz CT molecular complexity index is 734. The molecule has 24 heavy (non-hydrogen) atoms. The molecule has 0 saturated heterocycles. The molecule has 126 valence electrons. The average Bonchev–Trinajstić information content (AvgIpc) is 2.61. The van der Waals surface area contributed by atoms with Crippen LogP contribution in [0.3, 0.4) is 0 Å². The van der Waals surface area contributed by atoms with Crippen molar-refractivity contribution < 1.29 is 14.0 Å². The van der Waals surface area contributed by atoms with Crippen LogP contribution >= 0.6 is 0 Å². The van der Waals surface area contributed by atoms with E-state index in [1.807, 2.05) is 6.92 Å². The molecule has 0 radical (unpaired) electrons. The van der Waals surface area contributed by atoms with Gasteiger partial charge in [0.15, 0.2) is 0 Å². The number of pyridine rings is 1. The predicted molar refractivity (Wildman–Crippen MR) is 90.5 cm³/mol. The van der Waals surface area contributed by atoms with Gasteiger partial charge in [-0.15, -0.1) is 0 Å². The van der Waals surface area contributed by atoms with Crippen molar-refractivity contribution in [3.63, 3.8) is 0 Å². The third-order valence-electron chi connectivity index (χ3n) is 3.52. The van der Waals surface area contributed by atoms with Crippen molar-refractivity contribution in [3.8, 4) is 0 Å². The van der Waals surface area contributed by atoms with Gasteiger partial charge in [0, 0.05) is 13.6 Å². The van der Waals surface area contributed by atoms with E-state index in [0.29, 0.717) is 6.54 Å². The predicted octanol–water partition coefficient (Wildman–Crippen LogP) is 3.35. The van der Waals surface area contributed by atoms with E-state index in [9.17, 15) is 14.0 Å². The number of unbranched alkanes of at least 4 members (excludes halogenated alkanes) is 1. The number of aromatic nitrogens is 1. The van der Waals surface area contributed by atoms with Gasteiger partial charge in [-0.1, -0.05) is 31.5 Å². The molecule has 0 aliphatic carbocycles. The van der Waals surface area contributed by atoms with Crippen LogP contribution in [0.1, 0.15) is 40.7 Å². The van der Waals surface area contributed by atoms with E-state index in [0.717, 1.165) is 12.8 Å². The van der Waals surface area contributed by atoms with Gasteiger partial charge >= 0.3 is 0 Å². The number of para-hydroxylation sites is 1. The van der Waals surface area contributed by atoms with E-state index in [-0.39, 0.29) is 23.0 Å². The summed E-state index contributed by atoms with van der Waals surface area (Å²) in [6.07, 6.45) is 1.88. The third-order valence-corrected chi connectivity index (χ3v) is 3.52. The molecule has 0 aliphatic heterocycles. The zero-order chi connectivity index (χ0) is 17.5. The molecular formula is C18H20FN3O2. The minimum absolute atomic E-state index is 0.0630. The minimum atomic E-state index is -0.564. The summed E-state index contributed by atoms with van der Waals surface area (Å²) in [6.45, 7) is 2.67. The van der Waals surface area contributed by atoms with Gasteiger partial charge in [0.1, 0.15) is 17.2 Å². The first kappa shape index (κ1) is 17.6. The van der Waals surface area contributed by atoms with E-state index < -0.39 is 11.7 Å². The van der Waals surface area contributed by atoms with E-state index in [2.05, 4.69) is 10.3 Å². The number of nitrogens with zero attached hydrogens (tertiary/aromatic N) is 2. The number of hydrogen-bond acceptors (Lipinski definition) is 3. The summed E-state index contributed by atoms with van der Waals surface area (Å²) >= 11 is 0. The summed E-state index contributed by atoms with van der Waals surface area (Å²) in [5, 5.41) is 2.45. The number of benzene rings is 1. The van der Waals surface area contributed by atoms with Crippen molar-refractivity contribution in [2.24, 2.45) is 0 Å². The Hall–Kier alpha value is -2.76. The van der Waals surface area contributed by atoms with E-state index in [4.69, 9.17) is 0 Å². The second-order valence-corrected chi connectivity index (χ2v) is 5.42. The van der Waals surface area contributed by atoms with Crippen molar-refractivity contribution >= 4 is 17.5 Å². The maximum absolute atomic E-state index is 13.6. The fraction of sp³-hybridized carbons (Fsp3) is 0.278. The second-order valence-electron chi connectivity index (χ2n) is 5.42. The van der Waals surface area contributed by atoms with Crippen LogP contribution in [0.25, 0.3) is 0 Å². The average molecular weight is 329 g/mol. The zero-order valence-corrected chi connectivity index (χ0v) is 13.8. The van der Waals surface area contributed by atoms with Gasteiger partial charge < -0.3 is 10.2 Å². The van der Waals surface area contributed by atoms with Crippen molar-refractivity contribution in [2.45, 2.75) is 19.8 Å². The quantitative estimate of drug-likeness (QED) is 0.884. The highest BCUT2D eigenvalue weighted by atomic mass is 19.1. The summed E-state index contributed by atoms with van der Waals surface area (Å²) in [4.78, 5) is 30.2. The Balaban J connectivity index is 2.13. The molecule has 2 rings (SSSR count). The van der Waals surface area contributed by atoms with E-state index in [1.165, 1.54) is 24.3 Å². The number of hydrogen-bond donors (Lipinski definition) is 1. The molecule has 0 unspecified atom stereocenters. The van der Waals surface area contributed by atoms with Crippen molar-refractivity contribution in [1.29, 1.82) is 0 Å². The lowest BCUT2D eigenvalue weighted by Gasteiger charge is -2.16. The molecule has 0 aliphatic rings. The molecule has 0 fully saturated rings. The third kappa shape index (κ3) is 4.38. The number of nitrogens with one attached hydrogen (secondary N) is 1. The molecule has 2 amide bonds. The summed E-state index contributed by atoms with van der Waals surface area (Å²) in [5.74, 6) is -1.34. The molecule has 1 N–H and O–H groups in total. The first-order valence-electron chi connectivity index (χ1n) is 7.81. The second kappa shape index (κ2) is 8.19. The number of carbonyl (C=O) groups excluding carboxylic acids is 2. The Kier molecular flexibility index (Phi) is 6.01. The van der Waals surface area contributed by atoms with Crippen LogP contribution in [0.5, 0.6) is 0 Å². The molecule has 2 aromatic rings. The topological polar surface area (TPSA) is 62.3 Å². The van der Waals surface area contributed by atoms with Gasteiger partial charge in [0.05, 0.1) is 5.69 Å². The highest BCUT2D eigenvalue weighted by Crippen LogP contribution is 2.14. The lowest BCUT2D eigenvalue weighted by molar-refractivity contribution is 0.0787. The molecule has 0 spiro atoms. The number of carbonyl (C=O) groups is 2. The number of amides is 2. The van der Waals surface area contributed by atoms with E-state index in [1.54, 1.807) is 30.1 Å². The molecular weight excluding hydrogens is 309 g/mol. The van der Waals surface area contributed by atoms with Crippen molar-refractivity contribution in [1.82, 2.24) is 9.88 Å². The number of rotatable bonds is 6. The van der Waals surface area contributed by atoms with Crippen LogP contribution in [0.15, 0.2) is 42.5 Å². The van der Waals surface area contributed by atoms with Gasteiger partial charge in [0.2, 0.25) is 0 Å². The fourth-order valence-corrected chi connectivity index (χ4v) is 2.12. The largest absolute Gasteiger partial charge is 0.340 e. The standard InChI is InChI=1S/C18H20FN3O2/c1-3-4-12-22(2)18(24)16-11-7-10-15(20-16)17(23)21-14-9-6-5-8-13(14)19/h5-11H,3-4,12H2,1-2H3,(H,21,23). The SMILES string of the molecule is CCCCN(C)C(=O)c1cccc(C(=O)Nc2ccccc2F)n1. The minimum Gasteiger partial charge on any atom is -0.340 e. The Labute approximate surface area is 140 Å². The van der Waals surface area contributed by atoms with Gasteiger partial charge in [-0.3, -0.25) is 9.59 Å². The van der Waals surface area contributed by atoms with Gasteiger partial charge in [0.25, 0.3) is 11.8 Å².